The van der Waals surface area contributed by atoms with E-state index in [0.717, 1.165) is 60.5 Å². The van der Waals surface area contributed by atoms with Crippen molar-refractivity contribution in [2.75, 3.05) is 17.7 Å². The normalized spacial score (nSPS) is 17.7. The summed E-state index contributed by atoms with van der Waals surface area (Å²) >= 11 is 1.62. The first-order valence-corrected chi connectivity index (χ1v) is 13.9. The van der Waals surface area contributed by atoms with Gasteiger partial charge in [-0.1, -0.05) is 13.8 Å². The lowest BCUT2D eigenvalue weighted by Gasteiger charge is -2.27. The van der Waals surface area contributed by atoms with Crippen molar-refractivity contribution in [1.29, 1.82) is 0 Å². The molecular formula is C26H34N8O2S. The van der Waals surface area contributed by atoms with Gasteiger partial charge in [-0.05, 0) is 57.5 Å². The molecule has 3 atom stereocenters. The van der Waals surface area contributed by atoms with Crippen molar-refractivity contribution in [3.8, 4) is 11.4 Å². The van der Waals surface area contributed by atoms with Gasteiger partial charge in [0, 0.05) is 36.9 Å². The highest BCUT2D eigenvalue weighted by atomic mass is 32.2. The van der Waals surface area contributed by atoms with Crippen LogP contribution in [0.3, 0.4) is 0 Å². The van der Waals surface area contributed by atoms with Crippen molar-refractivity contribution in [3.63, 3.8) is 0 Å². The highest BCUT2D eigenvalue weighted by Gasteiger charge is 2.25. The van der Waals surface area contributed by atoms with E-state index in [0.29, 0.717) is 17.5 Å². The molecule has 0 spiro atoms. The molecule has 3 unspecified atom stereocenters. The van der Waals surface area contributed by atoms with Crippen LogP contribution >= 0.6 is 11.9 Å². The summed E-state index contributed by atoms with van der Waals surface area (Å²) in [5.74, 6) is 3.79. The van der Waals surface area contributed by atoms with Gasteiger partial charge in [0.2, 0.25) is 0 Å². The molecule has 37 heavy (non-hydrogen) atoms. The molecule has 4 aromatic rings. The minimum Gasteiger partial charge on any atom is -0.353 e. The summed E-state index contributed by atoms with van der Waals surface area (Å²) in [6.07, 6.45) is 11.0. The van der Waals surface area contributed by atoms with Crippen LogP contribution in [-0.4, -0.2) is 52.3 Å². The zero-order valence-corrected chi connectivity index (χ0v) is 22.6. The maximum atomic E-state index is 6.27. The SMILES string of the molecule is CCSn1cc(-c2nccc(Nc3cc4c(cn3)nc(C(C)OC3CCCCO3)n4C(C)CC)n2)cn1. The van der Waals surface area contributed by atoms with Gasteiger partial charge in [-0.25, -0.2) is 24.0 Å². The second-order valence-electron chi connectivity index (χ2n) is 9.17. The van der Waals surface area contributed by atoms with Crippen LogP contribution in [0.2, 0.25) is 0 Å². The molecule has 1 fully saturated rings. The largest absolute Gasteiger partial charge is 0.353 e. The first-order valence-electron chi connectivity index (χ1n) is 13.0. The van der Waals surface area contributed by atoms with Gasteiger partial charge in [0.05, 0.1) is 23.5 Å². The number of fused-ring (bicyclic) bond motifs is 1. The van der Waals surface area contributed by atoms with Crippen LogP contribution in [0.1, 0.15) is 71.3 Å². The summed E-state index contributed by atoms with van der Waals surface area (Å²) in [5, 5.41) is 7.70. The molecule has 11 heteroatoms. The maximum Gasteiger partial charge on any atom is 0.164 e. The van der Waals surface area contributed by atoms with E-state index in [1.165, 1.54) is 0 Å². The lowest BCUT2D eigenvalue weighted by atomic mass is 10.2. The first kappa shape index (κ1) is 25.6. The average Bonchev–Trinajstić information content (AvgIpc) is 3.54. The molecule has 0 aromatic carbocycles. The third kappa shape index (κ3) is 5.78. The zero-order chi connectivity index (χ0) is 25.8. The van der Waals surface area contributed by atoms with E-state index in [9.17, 15) is 0 Å². The van der Waals surface area contributed by atoms with Crippen LogP contribution in [-0.2, 0) is 9.47 Å². The van der Waals surface area contributed by atoms with E-state index in [1.807, 2.05) is 29.3 Å². The number of nitrogens with zero attached hydrogens (tertiary/aromatic N) is 7. The van der Waals surface area contributed by atoms with Crippen LogP contribution in [0.4, 0.5) is 11.6 Å². The quantitative estimate of drug-likeness (QED) is 0.272. The van der Waals surface area contributed by atoms with Crippen molar-refractivity contribution >= 4 is 34.6 Å². The van der Waals surface area contributed by atoms with Gasteiger partial charge in [0.1, 0.15) is 29.1 Å². The predicted octanol–water partition coefficient (Wildman–Crippen LogP) is 5.92. The third-order valence-electron chi connectivity index (χ3n) is 6.48. The van der Waals surface area contributed by atoms with Crippen molar-refractivity contribution in [1.82, 2.24) is 33.7 Å². The van der Waals surface area contributed by atoms with Crippen molar-refractivity contribution in [2.24, 2.45) is 0 Å². The zero-order valence-electron chi connectivity index (χ0n) is 21.8. The molecule has 10 nitrogen and oxygen atoms in total. The van der Waals surface area contributed by atoms with Gasteiger partial charge in [-0.15, -0.1) is 0 Å². The Balaban J connectivity index is 1.41. The number of ether oxygens (including phenoxy) is 2. The number of nitrogens with one attached hydrogen (secondary N) is 1. The van der Waals surface area contributed by atoms with Gasteiger partial charge in [0.25, 0.3) is 0 Å². The fourth-order valence-electron chi connectivity index (χ4n) is 4.45. The van der Waals surface area contributed by atoms with Crippen LogP contribution in [0, 0.1) is 0 Å². The molecule has 0 aliphatic carbocycles. The summed E-state index contributed by atoms with van der Waals surface area (Å²) in [6, 6.07) is 4.11. The second-order valence-corrected chi connectivity index (χ2v) is 10.4. The summed E-state index contributed by atoms with van der Waals surface area (Å²) < 4.78 is 16.2. The van der Waals surface area contributed by atoms with Gasteiger partial charge in [-0.2, -0.15) is 5.10 Å². The Bertz CT molecular complexity index is 1330. The molecule has 5 heterocycles. The Morgan fingerprint density at radius 2 is 2.05 bits per heavy atom. The Hall–Kier alpha value is -3.02. The molecule has 0 bridgehead atoms. The standard InChI is InChI=1S/C26H34N8O2S/c1-5-17(3)34-21-13-23(28-15-20(21)30-26(34)18(4)36-24-9-7-8-12-35-24)31-22-10-11-27-25(32-22)19-14-29-33(16-19)37-6-2/h10-11,13-18,24H,5-9,12H2,1-4H3,(H,27,28,31,32). The number of imidazole rings is 1. The van der Waals surface area contributed by atoms with E-state index >= 15 is 0 Å². The first-order chi connectivity index (χ1) is 18.1. The average molecular weight is 523 g/mol. The van der Waals surface area contributed by atoms with Gasteiger partial charge < -0.3 is 19.4 Å². The Morgan fingerprint density at radius 1 is 1.16 bits per heavy atom. The number of hydrogen-bond donors (Lipinski definition) is 1. The highest BCUT2D eigenvalue weighted by molar-refractivity contribution is 7.97. The summed E-state index contributed by atoms with van der Waals surface area (Å²) in [7, 11) is 0. The van der Waals surface area contributed by atoms with Crippen LogP contribution in [0.5, 0.6) is 0 Å². The van der Waals surface area contributed by atoms with Crippen molar-refractivity contribution in [3.05, 3.63) is 42.7 Å². The topological polar surface area (TPSA) is 105 Å². The monoisotopic (exact) mass is 522 g/mol. The third-order valence-corrected chi connectivity index (χ3v) is 7.21. The molecule has 1 aliphatic heterocycles. The number of pyridine rings is 1. The molecule has 1 saturated heterocycles. The van der Waals surface area contributed by atoms with Crippen LogP contribution in [0.15, 0.2) is 36.9 Å². The van der Waals surface area contributed by atoms with Crippen molar-refractivity contribution in [2.45, 2.75) is 71.8 Å². The molecule has 4 aromatic heterocycles. The molecule has 0 radical (unpaired) electrons. The van der Waals surface area contributed by atoms with Crippen LogP contribution in [0.25, 0.3) is 22.4 Å². The van der Waals surface area contributed by atoms with E-state index in [1.54, 1.807) is 30.5 Å². The molecule has 0 amide bonds. The van der Waals surface area contributed by atoms with Gasteiger partial charge >= 0.3 is 0 Å². The summed E-state index contributed by atoms with van der Waals surface area (Å²) in [4.78, 5) is 18.6. The lowest BCUT2D eigenvalue weighted by molar-refractivity contribution is -0.188. The van der Waals surface area contributed by atoms with Gasteiger partial charge in [-0.3, -0.25) is 0 Å². The number of aromatic nitrogens is 7. The maximum absolute atomic E-state index is 6.27. The molecule has 0 saturated carbocycles. The fourth-order valence-corrected chi connectivity index (χ4v) is 5.01. The van der Waals surface area contributed by atoms with Crippen LogP contribution < -0.4 is 5.32 Å². The Labute approximate surface area is 221 Å². The molecule has 1 N–H and O–H groups in total. The number of anilines is 2. The smallest absolute Gasteiger partial charge is 0.164 e. The molecule has 1 aliphatic rings. The number of hydrogen-bond acceptors (Lipinski definition) is 9. The lowest BCUT2D eigenvalue weighted by Crippen LogP contribution is -2.25. The van der Waals surface area contributed by atoms with E-state index in [-0.39, 0.29) is 18.4 Å². The summed E-state index contributed by atoms with van der Waals surface area (Å²) in [6.45, 7) is 9.28. The summed E-state index contributed by atoms with van der Waals surface area (Å²) in [5.41, 5.74) is 2.71. The Kier molecular flexibility index (Phi) is 8.02. The van der Waals surface area contributed by atoms with E-state index in [2.05, 4.69) is 50.7 Å². The minimum atomic E-state index is -0.197. The molecule has 5 rings (SSSR count). The second kappa shape index (κ2) is 11.6. The molecular weight excluding hydrogens is 488 g/mol. The minimum absolute atomic E-state index is 0.177. The van der Waals surface area contributed by atoms with E-state index in [4.69, 9.17) is 14.5 Å². The van der Waals surface area contributed by atoms with Gasteiger partial charge in [0.15, 0.2) is 12.1 Å². The Morgan fingerprint density at radius 3 is 2.84 bits per heavy atom. The fraction of sp³-hybridized carbons (Fsp3) is 0.500. The number of rotatable bonds is 10. The highest BCUT2D eigenvalue weighted by Crippen LogP contribution is 2.31. The molecule has 196 valence electrons. The predicted molar refractivity (Wildman–Crippen MR) is 146 cm³/mol. The van der Waals surface area contributed by atoms with E-state index < -0.39 is 0 Å². The van der Waals surface area contributed by atoms with Crippen molar-refractivity contribution < 1.29 is 9.47 Å².